The highest BCUT2D eigenvalue weighted by Gasteiger charge is 2.30. The van der Waals surface area contributed by atoms with Gasteiger partial charge in [-0.1, -0.05) is 37.8 Å². The molecule has 0 spiro atoms. The van der Waals surface area contributed by atoms with Crippen molar-refractivity contribution in [2.24, 2.45) is 5.92 Å². The van der Waals surface area contributed by atoms with Crippen LogP contribution in [-0.4, -0.2) is 0 Å². The van der Waals surface area contributed by atoms with Crippen molar-refractivity contribution in [3.63, 3.8) is 0 Å². The molecule has 17 heavy (non-hydrogen) atoms. The Morgan fingerprint density at radius 3 is 2.59 bits per heavy atom. The number of rotatable bonds is 1. The molecule has 0 saturated heterocycles. The summed E-state index contributed by atoms with van der Waals surface area (Å²) in [6.45, 7) is 0.711. The third-order valence-corrected chi connectivity index (χ3v) is 4.36. The van der Waals surface area contributed by atoms with Gasteiger partial charge >= 0.3 is 0 Å². The van der Waals surface area contributed by atoms with E-state index in [1.165, 1.54) is 44.1 Å². The Morgan fingerprint density at radius 1 is 1.06 bits per heavy atom. The van der Waals surface area contributed by atoms with Gasteiger partial charge in [-0.25, -0.2) is 4.39 Å². The maximum absolute atomic E-state index is 13.7. The molecule has 0 bridgehead atoms. The van der Waals surface area contributed by atoms with Gasteiger partial charge in [-0.3, -0.25) is 0 Å². The minimum Gasteiger partial charge on any atom is -0.305 e. The van der Waals surface area contributed by atoms with Gasteiger partial charge in [-0.05, 0) is 30.4 Å². The van der Waals surface area contributed by atoms with E-state index in [-0.39, 0.29) is 5.82 Å². The van der Waals surface area contributed by atoms with E-state index in [4.69, 9.17) is 0 Å². The van der Waals surface area contributed by atoms with Crippen molar-refractivity contribution in [3.8, 4) is 0 Å². The number of hydrogen-bond acceptors (Lipinski definition) is 1. The molecule has 1 atom stereocenters. The summed E-state index contributed by atoms with van der Waals surface area (Å²) >= 11 is 0. The average Bonchev–Trinajstić information content (AvgIpc) is 2.59. The standard InChI is InChI=1S/C15H20FN/c16-14-9-5-8-12-13(14)10-17-15(12)11-6-3-1-2-4-7-11/h5,8-9,11,15,17H,1-4,6-7,10H2. The molecule has 2 heteroatoms. The molecule has 1 aliphatic heterocycles. The highest BCUT2D eigenvalue weighted by Crippen LogP contribution is 2.38. The predicted octanol–water partition coefficient (Wildman–Crippen LogP) is 3.94. The second-order valence-electron chi connectivity index (χ2n) is 5.42. The fraction of sp³-hybridized carbons (Fsp3) is 0.600. The van der Waals surface area contributed by atoms with Crippen LogP contribution in [0.2, 0.25) is 0 Å². The summed E-state index contributed by atoms with van der Waals surface area (Å²) in [6.07, 6.45) is 8.03. The lowest BCUT2D eigenvalue weighted by Gasteiger charge is -2.23. The highest BCUT2D eigenvalue weighted by molar-refractivity contribution is 5.35. The third-order valence-electron chi connectivity index (χ3n) is 4.36. The van der Waals surface area contributed by atoms with Crippen molar-refractivity contribution in [1.82, 2.24) is 5.32 Å². The summed E-state index contributed by atoms with van der Waals surface area (Å²) in [4.78, 5) is 0. The monoisotopic (exact) mass is 233 g/mol. The Morgan fingerprint density at radius 2 is 1.82 bits per heavy atom. The molecule has 2 aliphatic rings. The molecule has 1 aromatic carbocycles. The zero-order valence-electron chi connectivity index (χ0n) is 10.2. The molecule has 1 unspecified atom stereocenters. The van der Waals surface area contributed by atoms with E-state index in [0.717, 1.165) is 5.56 Å². The summed E-state index contributed by atoms with van der Waals surface area (Å²) in [6, 6.07) is 5.94. The van der Waals surface area contributed by atoms with Crippen LogP contribution in [0.25, 0.3) is 0 Å². The second-order valence-corrected chi connectivity index (χ2v) is 5.42. The van der Waals surface area contributed by atoms with Gasteiger partial charge in [-0.15, -0.1) is 0 Å². The Hall–Kier alpha value is -0.890. The molecule has 1 nitrogen and oxygen atoms in total. The van der Waals surface area contributed by atoms with Gasteiger partial charge in [0.2, 0.25) is 0 Å². The molecule has 1 N–H and O–H groups in total. The van der Waals surface area contributed by atoms with E-state index in [1.54, 1.807) is 6.07 Å². The molecule has 1 saturated carbocycles. The van der Waals surface area contributed by atoms with Crippen LogP contribution in [0.4, 0.5) is 4.39 Å². The smallest absolute Gasteiger partial charge is 0.128 e. The van der Waals surface area contributed by atoms with Gasteiger partial charge in [0, 0.05) is 18.2 Å². The summed E-state index contributed by atoms with van der Waals surface area (Å²) in [7, 11) is 0. The van der Waals surface area contributed by atoms with E-state index in [0.29, 0.717) is 18.5 Å². The van der Waals surface area contributed by atoms with Crippen molar-refractivity contribution < 1.29 is 4.39 Å². The van der Waals surface area contributed by atoms with E-state index in [1.807, 2.05) is 6.07 Å². The molecular weight excluding hydrogens is 213 g/mol. The fourth-order valence-electron chi connectivity index (χ4n) is 3.44. The lowest BCUT2D eigenvalue weighted by atomic mass is 9.87. The lowest BCUT2D eigenvalue weighted by Crippen LogP contribution is -2.21. The zero-order chi connectivity index (χ0) is 11.7. The van der Waals surface area contributed by atoms with Gasteiger partial charge in [0.15, 0.2) is 0 Å². The summed E-state index contributed by atoms with van der Waals surface area (Å²) < 4.78 is 13.7. The molecule has 3 rings (SSSR count). The molecule has 1 heterocycles. The van der Waals surface area contributed by atoms with Crippen molar-refractivity contribution >= 4 is 0 Å². The fourth-order valence-corrected chi connectivity index (χ4v) is 3.44. The number of benzene rings is 1. The van der Waals surface area contributed by atoms with Crippen molar-refractivity contribution in [2.75, 3.05) is 0 Å². The number of nitrogens with one attached hydrogen (secondary N) is 1. The van der Waals surface area contributed by atoms with E-state index < -0.39 is 0 Å². The molecule has 92 valence electrons. The first-order valence-electron chi connectivity index (χ1n) is 6.87. The maximum Gasteiger partial charge on any atom is 0.128 e. The normalized spacial score (nSPS) is 25.6. The van der Waals surface area contributed by atoms with Gasteiger partial charge in [-0.2, -0.15) is 0 Å². The van der Waals surface area contributed by atoms with Crippen LogP contribution in [0, 0.1) is 11.7 Å². The van der Waals surface area contributed by atoms with Crippen LogP contribution in [0.3, 0.4) is 0 Å². The average molecular weight is 233 g/mol. The predicted molar refractivity (Wildman–Crippen MR) is 67.2 cm³/mol. The van der Waals surface area contributed by atoms with E-state index in [2.05, 4.69) is 11.4 Å². The molecular formula is C15H20FN. The first-order chi connectivity index (χ1) is 8.36. The highest BCUT2D eigenvalue weighted by atomic mass is 19.1. The topological polar surface area (TPSA) is 12.0 Å². The zero-order valence-corrected chi connectivity index (χ0v) is 10.2. The minimum absolute atomic E-state index is 0.0360. The van der Waals surface area contributed by atoms with Crippen molar-refractivity contribution in [1.29, 1.82) is 0 Å². The van der Waals surface area contributed by atoms with Crippen LogP contribution < -0.4 is 5.32 Å². The third kappa shape index (κ3) is 2.11. The van der Waals surface area contributed by atoms with Gasteiger partial charge in [0.05, 0.1) is 0 Å². The van der Waals surface area contributed by atoms with Gasteiger partial charge in [0.1, 0.15) is 5.82 Å². The quantitative estimate of drug-likeness (QED) is 0.724. The van der Waals surface area contributed by atoms with Crippen LogP contribution >= 0.6 is 0 Å². The molecule has 1 aliphatic carbocycles. The first-order valence-corrected chi connectivity index (χ1v) is 6.87. The van der Waals surface area contributed by atoms with Crippen molar-refractivity contribution in [2.45, 2.75) is 51.1 Å². The summed E-state index contributed by atoms with van der Waals surface area (Å²) in [5.74, 6) is 0.673. The molecule has 0 radical (unpaired) electrons. The van der Waals surface area contributed by atoms with Gasteiger partial charge < -0.3 is 5.32 Å². The van der Waals surface area contributed by atoms with Gasteiger partial charge in [0.25, 0.3) is 0 Å². The largest absolute Gasteiger partial charge is 0.305 e. The van der Waals surface area contributed by atoms with Crippen LogP contribution in [0.15, 0.2) is 18.2 Å². The first kappa shape index (κ1) is 11.2. The Balaban J connectivity index is 1.84. The Labute approximate surface area is 102 Å². The SMILES string of the molecule is Fc1cccc2c1CNC2C1CCCCCC1. The Bertz CT molecular complexity index is 394. The molecule has 0 aromatic heterocycles. The summed E-state index contributed by atoms with van der Waals surface area (Å²) in [5.41, 5.74) is 2.12. The molecule has 1 fully saturated rings. The van der Waals surface area contributed by atoms with Crippen LogP contribution in [0.5, 0.6) is 0 Å². The van der Waals surface area contributed by atoms with Crippen LogP contribution in [-0.2, 0) is 6.54 Å². The lowest BCUT2D eigenvalue weighted by molar-refractivity contribution is 0.342. The number of hydrogen-bond donors (Lipinski definition) is 1. The molecule has 1 aromatic rings. The second kappa shape index (κ2) is 4.77. The number of fused-ring (bicyclic) bond motifs is 1. The Kier molecular flexibility index (Phi) is 3.15. The minimum atomic E-state index is -0.0360. The maximum atomic E-state index is 13.7. The summed E-state index contributed by atoms with van der Waals surface area (Å²) in [5, 5.41) is 3.52. The van der Waals surface area contributed by atoms with E-state index >= 15 is 0 Å². The molecule has 0 amide bonds. The number of halogens is 1. The van der Waals surface area contributed by atoms with Crippen LogP contribution in [0.1, 0.15) is 55.7 Å². The van der Waals surface area contributed by atoms with E-state index in [9.17, 15) is 4.39 Å². The van der Waals surface area contributed by atoms with Crippen molar-refractivity contribution in [3.05, 3.63) is 35.1 Å².